The predicted molar refractivity (Wildman–Crippen MR) is 107 cm³/mol. The third-order valence-electron chi connectivity index (χ3n) is 5.39. The Balaban J connectivity index is 1.67. The molecule has 1 fully saturated rings. The smallest absolute Gasteiger partial charge is 0.254 e. The van der Waals surface area contributed by atoms with E-state index in [2.05, 4.69) is 0 Å². The van der Waals surface area contributed by atoms with Crippen LogP contribution in [0.2, 0.25) is 0 Å². The summed E-state index contributed by atoms with van der Waals surface area (Å²) in [5, 5.41) is 0. The summed E-state index contributed by atoms with van der Waals surface area (Å²) in [6, 6.07) is 9.10. The van der Waals surface area contributed by atoms with E-state index in [1.54, 1.807) is 33.5 Å². The Morgan fingerprint density at radius 3 is 2.55 bits per heavy atom. The molecular formula is C22H25NO6. The second-order valence-corrected chi connectivity index (χ2v) is 6.97. The number of hydrogen-bond donors (Lipinski definition) is 0. The van der Waals surface area contributed by atoms with Crippen LogP contribution < -0.4 is 23.7 Å². The van der Waals surface area contributed by atoms with E-state index in [9.17, 15) is 4.79 Å². The lowest BCUT2D eigenvalue weighted by atomic mass is 10.0. The lowest BCUT2D eigenvalue weighted by Crippen LogP contribution is -2.31. The highest BCUT2D eigenvalue weighted by molar-refractivity contribution is 5.96. The van der Waals surface area contributed by atoms with Gasteiger partial charge < -0.3 is 28.6 Å². The molecule has 1 atom stereocenters. The van der Waals surface area contributed by atoms with Gasteiger partial charge in [-0.1, -0.05) is 0 Å². The minimum Gasteiger partial charge on any atom is -0.497 e. The summed E-state index contributed by atoms with van der Waals surface area (Å²) < 4.78 is 27.6. The molecule has 29 heavy (non-hydrogen) atoms. The second-order valence-electron chi connectivity index (χ2n) is 6.97. The molecule has 2 aliphatic heterocycles. The molecule has 1 saturated heterocycles. The van der Waals surface area contributed by atoms with E-state index in [1.165, 1.54) is 0 Å². The number of hydrogen-bond acceptors (Lipinski definition) is 6. The van der Waals surface area contributed by atoms with E-state index in [1.807, 2.05) is 23.1 Å². The van der Waals surface area contributed by atoms with Crippen molar-refractivity contribution in [3.8, 4) is 28.7 Å². The summed E-state index contributed by atoms with van der Waals surface area (Å²) in [4.78, 5) is 15.3. The van der Waals surface area contributed by atoms with Gasteiger partial charge >= 0.3 is 0 Å². The molecule has 7 heteroatoms. The fourth-order valence-corrected chi connectivity index (χ4v) is 3.99. The van der Waals surface area contributed by atoms with Crippen LogP contribution in [0.1, 0.15) is 34.8 Å². The quantitative estimate of drug-likeness (QED) is 0.767. The van der Waals surface area contributed by atoms with Gasteiger partial charge in [-0.3, -0.25) is 4.79 Å². The maximum absolute atomic E-state index is 13.4. The van der Waals surface area contributed by atoms with Crippen LogP contribution in [0.25, 0.3) is 0 Å². The maximum atomic E-state index is 13.4. The predicted octanol–water partition coefficient (Wildman–Crippen LogP) is 3.46. The van der Waals surface area contributed by atoms with Crippen LogP contribution in [0, 0.1) is 0 Å². The topological polar surface area (TPSA) is 66.5 Å². The van der Waals surface area contributed by atoms with Crippen LogP contribution in [0.3, 0.4) is 0 Å². The molecule has 2 aromatic rings. The molecule has 0 aromatic heterocycles. The number of likely N-dealkylation sites (tertiary alicyclic amines) is 1. The van der Waals surface area contributed by atoms with Gasteiger partial charge in [-0.15, -0.1) is 0 Å². The summed E-state index contributed by atoms with van der Waals surface area (Å²) in [5.74, 6) is 2.96. The number of carbonyl (C=O) groups is 1. The number of benzene rings is 2. The molecular weight excluding hydrogens is 374 g/mol. The van der Waals surface area contributed by atoms with Gasteiger partial charge in [0.1, 0.15) is 24.7 Å². The van der Waals surface area contributed by atoms with Crippen LogP contribution in [0.15, 0.2) is 30.3 Å². The molecule has 0 radical (unpaired) electrons. The Kier molecular flexibility index (Phi) is 5.38. The van der Waals surface area contributed by atoms with Gasteiger partial charge in [0.2, 0.25) is 5.75 Å². The van der Waals surface area contributed by atoms with Crippen molar-refractivity contribution in [3.63, 3.8) is 0 Å². The summed E-state index contributed by atoms with van der Waals surface area (Å²) in [7, 11) is 4.81. The van der Waals surface area contributed by atoms with Crippen molar-refractivity contribution in [1.29, 1.82) is 0 Å². The first kappa shape index (κ1) is 19.2. The van der Waals surface area contributed by atoms with E-state index in [0.29, 0.717) is 48.3 Å². The minimum absolute atomic E-state index is 0.0671. The van der Waals surface area contributed by atoms with Crippen molar-refractivity contribution >= 4 is 5.91 Å². The highest BCUT2D eigenvalue weighted by Gasteiger charge is 2.33. The number of ether oxygens (including phenoxy) is 5. The van der Waals surface area contributed by atoms with Crippen molar-refractivity contribution in [1.82, 2.24) is 4.90 Å². The van der Waals surface area contributed by atoms with E-state index < -0.39 is 0 Å². The number of amides is 1. The Morgan fingerprint density at radius 1 is 1.00 bits per heavy atom. The monoisotopic (exact) mass is 399 g/mol. The first-order valence-electron chi connectivity index (χ1n) is 9.66. The van der Waals surface area contributed by atoms with Gasteiger partial charge in [0, 0.05) is 23.7 Å². The lowest BCUT2D eigenvalue weighted by Gasteiger charge is -2.27. The normalized spacial score (nSPS) is 17.8. The van der Waals surface area contributed by atoms with Crippen LogP contribution >= 0.6 is 0 Å². The maximum Gasteiger partial charge on any atom is 0.254 e. The van der Waals surface area contributed by atoms with Crippen molar-refractivity contribution in [3.05, 3.63) is 41.5 Å². The minimum atomic E-state index is -0.0688. The molecule has 2 heterocycles. The summed E-state index contributed by atoms with van der Waals surface area (Å²) in [6.07, 6.45) is 1.80. The van der Waals surface area contributed by atoms with E-state index in [-0.39, 0.29) is 11.9 Å². The molecule has 7 nitrogen and oxygen atoms in total. The summed E-state index contributed by atoms with van der Waals surface area (Å²) in [6.45, 7) is 1.58. The highest BCUT2D eigenvalue weighted by atomic mass is 16.6. The van der Waals surface area contributed by atoms with Crippen molar-refractivity contribution in [2.24, 2.45) is 0 Å². The third kappa shape index (κ3) is 3.52. The first-order chi connectivity index (χ1) is 14.2. The average Bonchev–Trinajstić information content (AvgIpc) is 3.26. The molecule has 4 rings (SSSR count). The Bertz CT molecular complexity index is 895. The van der Waals surface area contributed by atoms with Gasteiger partial charge in [-0.25, -0.2) is 0 Å². The zero-order valence-corrected chi connectivity index (χ0v) is 16.9. The molecule has 154 valence electrons. The third-order valence-corrected chi connectivity index (χ3v) is 5.39. The SMILES string of the molecule is COc1ccc([C@H]2CCCN2C(=O)c2cc(OC)c3c(c2)OCCO3)c(OC)c1. The van der Waals surface area contributed by atoms with Crippen LogP contribution in [-0.2, 0) is 0 Å². The van der Waals surface area contributed by atoms with Crippen molar-refractivity contribution in [2.75, 3.05) is 41.1 Å². The molecule has 0 aliphatic carbocycles. The number of rotatable bonds is 5. The lowest BCUT2D eigenvalue weighted by molar-refractivity contribution is 0.0732. The Hall–Kier alpha value is -3.09. The molecule has 2 aromatic carbocycles. The van der Waals surface area contributed by atoms with Gasteiger partial charge in [0.25, 0.3) is 5.91 Å². The van der Waals surface area contributed by atoms with Gasteiger partial charge in [-0.05, 0) is 37.1 Å². The number of nitrogens with zero attached hydrogens (tertiary/aromatic N) is 1. The van der Waals surface area contributed by atoms with Crippen LogP contribution in [-0.4, -0.2) is 51.9 Å². The van der Waals surface area contributed by atoms with E-state index in [4.69, 9.17) is 23.7 Å². The molecule has 0 spiro atoms. The number of carbonyl (C=O) groups excluding carboxylic acids is 1. The summed E-state index contributed by atoms with van der Waals surface area (Å²) >= 11 is 0. The van der Waals surface area contributed by atoms with Gasteiger partial charge in [-0.2, -0.15) is 0 Å². The van der Waals surface area contributed by atoms with E-state index in [0.717, 1.165) is 24.2 Å². The summed E-state index contributed by atoms with van der Waals surface area (Å²) in [5.41, 5.74) is 1.49. The standard InChI is InChI=1S/C22H25NO6/c1-25-15-6-7-16(18(13-15)26-2)17-5-4-8-23(17)22(24)14-11-19(27-3)21-20(12-14)28-9-10-29-21/h6-7,11-13,17H,4-5,8-10H2,1-3H3/t17-/m1/s1. The van der Waals surface area contributed by atoms with Gasteiger partial charge in [0.15, 0.2) is 11.5 Å². The largest absolute Gasteiger partial charge is 0.497 e. The molecule has 0 unspecified atom stereocenters. The van der Waals surface area contributed by atoms with Crippen molar-refractivity contribution < 1.29 is 28.5 Å². The molecule has 2 aliphatic rings. The number of fused-ring (bicyclic) bond motifs is 1. The highest BCUT2D eigenvalue weighted by Crippen LogP contribution is 2.43. The van der Waals surface area contributed by atoms with Gasteiger partial charge in [0.05, 0.1) is 27.4 Å². The Morgan fingerprint density at radius 2 is 1.79 bits per heavy atom. The van der Waals surface area contributed by atoms with Crippen LogP contribution in [0.4, 0.5) is 0 Å². The molecule has 0 bridgehead atoms. The molecule has 1 amide bonds. The average molecular weight is 399 g/mol. The zero-order valence-electron chi connectivity index (χ0n) is 16.9. The fraction of sp³-hybridized carbons (Fsp3) is 0.409. The fourth-order valence-electron chi connectivity index (χ4n) is 3.99. The zero-order chi connectivity index (χ0) is 20.4. The molecule has 0 saturated carbocycles. The second kappa shape index (κ2) is 8.11. The first-order valence-corrected chi connectivity index (χ1v) is 9.66. The van der Waals surface area contributed by atoms with Crippen LogP contribution in [0.5, 0.6) is 28.7 Å². The van der Waals surface area contributed by atoms with E-state index >= 15 is 0 Å². The molecule has 0 N–H and O–H groups in total. The Labute approximate surface area is 170 Å². The van der Waals surface area contributed by atoms with Crippen molar-refractivity contribution in [2.45, 2.75) is 18.9 Å². The number of methoxy groups -OCH3 is 3.